The summed E-state index contributed by atoms with van der Waals surface area (Å²) < 4.78 is 27.6. The van der Waals surface area contributed by atoms with Gasteiger partial charge >= 0.3 is 0 Å². The Bertz CT molecular complexity index is 586. The maximum absolute atomic E-state index is 13.5. The highest BCUT2D eigenvalue weighted by atomic mass is 19.1. The van der Waals surface area contributed by atoms with E-state index in [9.17, 15) is 13.6 Å². The number of carbonyl (C=O) groups excluding carboxylic acids is 1. The molecule has 5 nitrogen and oxygen atoms in total. The van der Waals surface area contributed by atoms with E-state index in [0.717, 1.165) is 6.07 Å². The first-order chi connectivity index (χ1) is 8.49. The van der Waals surface area contributed by atoms with Crippen molar-refractivity contribution >= 4 is 17.3 Å². The van der Waals surface area contributed by atoms with Gasteiger partial charge in [-0.3, -0.25) is 9.48 Å². The van der Waals surface area contributed by atoms with Gasteiger partial charge in [0.2, 0.25) is 0 Å². The number of amides is 1. The normalized spacial score (nSPS) is 10.4. The molecular weight excluding hydrogens is 242 g/mol. The molecule has 0 aliphatic rings. The van der Waals surface area contributed by atoms with E-state index >= 15 is 0 Å². The van der Waals surface area contributed by atoms with Crippen molar-refractivity contribution in [2.75, 3.05) is 11.1 Å². The van der Waals surface area contributed by atoms with E-state index in [1.807, 2.05) is 0 Å². The Kier molecular flexibility index (Phi) is 2.97. The van der Waals surface area contributed by atoms with Crippen LogP contribution < -0.4 is 11.1 Å². The van der Waals surface area contributed by atoms with Gasteiger partial charge in [0.25, 0.3) is 5.91 Å². The average Bonchev–Trinajstić information content (AvgIpc) is 2.69. The third kappa shape index (κ3) is 2.15. The summed E-state index contributed by atoms with van der Waals surface area (Å²) in [6.07, 6.45) is 1.43. The van der Waals surface area contributed by atoms with Gasteiger partial charge in [-0.05, 0) is 12.1 Å². The van der Waals surface area contributed by atoms with E-state index < -0.39 is 17.5 Å². The zero-order chi connectivity index (χ0) is 13.3. The van der Waals surface area contributed by atoms with Gasteiger partial charge < -0.3 is 11.1 Å². The van der Waals surface area contributed by atoms with Gasteiger partial charge in [0.1, 0.15) is 17.2 Å². The van der Waals surface area contributed by atoms with Crippen molar-refractivity contribution in [2.45, 2.75) is 0 Å². The lowest BCUT2D eigenvalue weighted by atomic mass is 10.2. The Morgan fingerprint density at radius 2 is 2.17 bits per heavy atom. The summed E-state index contributed by atoms with van der Waals surface area (Å²) in [6.45, 7) is 0. The minimum atomic E-state index is -0.928. The number of nitrogen functional groups attached to an aromatic ring is 1. The highest BCUT2D eigenvalue weighted by molar-refractivity contribution is 6.04. The molecule has 0 aliphatic carbocycles. The van der Waals surface area contributed by atoms with Crippen LogP contribution in [-0.4, -0.2) is 15.7 Å². The third-order valence-corrected chi connectivity index (χ3v) is 2.38. The minimum absolute atomic E-state index is 0.178. The van der Waals surface area contributed by atoms with Crippen LogP contribution in [0.4, 0.5) is 20.2 Å². The van der Waals surface area contributed by atoms with Crippen molar-refractivity contribution in [3.05, 3.63) is 41.7 Å². The molecule has 0 fully saturated rings. The van der Waals surface area contributed by atoms with Crippen molar-refractivity contribution in [2.24, 2.45) is 7.05 Å². The monoisotopic (exact) mass is 252 g/mol. The molecule has 0 atom stereocenters. The second-order valence-corrected chi connectivity index (χ2v) is 3.65. The first-order valence-corrected chi connectivity index (χ1v) is 5.03. The number of aryl methyl sites for hydroxylation is 1. The molecule has 1 aromatic carbocycles. The van der Waals surface area contributed by atoms with Gasteiger partial charge in [0, 0.05) is 19.3 Å². The molecule has 2 aromatic rings. The molecule has 2 rings (SSSR count). The molecule has 94 valence electrons. The summed E-state index contributed by atoms with van der Waals surface area (Å²) in [5.74, 6) is -2.31. The Hall–Kier alpha value is -2.44. The van der Waals surface area contributed by atoms with Crippen LogP contribution in [0.5, 0.6) is 0 Å². The van der Waals surface area contributed by atoms with Crippen molar-refractivity contribution in [3.8, 4) is 0 Å². The zero-order valence-corrected chi connectivity index (χ0v) is 9.45. The quantitative estimate of drug-likeness (QED) is 0.796. The van der Waals surface area contributed by atoms with Crippen molar-refractivity contribution < 1.29 is 13.6 Å². The summed E-state index contributed by atoms with van der Waals surface area (Å²) in [4.78, 5) is 11.8. The molecule has 1 amide bonds. The summed E-state index contributed by atoms with van der Waals surface area (Å²) in [6, 6.07) is 3.05. The molecule has 0 bridgehead atoms. The van der Waals surface area contributed by atoms with Crippen LogP contribution in [0.15, 0.2) is 24.4 Å². The number of nitrogens with zero attached hydrogens (tertiary/aromatic N) is 2. The second-order valence-electron chi connectivity index (χ2n) is 3.65. The molecule has 1 heterocycles. The topological polar surface area (TPSA) is 72.9 Å². The van der Waals surface area contributed by atoms with E-state index in [4.69, 9.17) is 5.73 Å². The van der Waals surface area contributed by atoms with E-state index in [-0.39, 0.29) is 17.1 Å². The molecule has 0 spiro atoms. The molecular formula is C11H10F2N4O. The maximum Gasteiger partial charge on any atom is 0.274 e. The van der Waals surface area contributed by atoms with Gasteiger partial charge in [-0.15, -0.1) is 0 Å². The van der Waals surface area contributed by atoms with Crippen molar-refractivity contribution in [3.63, 3.8) is 0 Å². The van der Waals surface area contributed by atoms with Crippen LogP contribution >= 0.6 is 0 Å². The fraction of sp³-hybridized carbons (Fsp3) is 0.0909. The maximum atomic E-state index is 13.5. The van der Waals surface area contributed by atoms with Crippen LogP contribution in [-0.2, 0) is 7.05 Å². The Balaban J connectivity index is 2.31. The number of nitrogens with one attached hydrogen (secondary N) is 1. The second kappa shape index (κ2) is 4.44. The smallest absolute Gasteiger partial charge is 0.274 e. The van der Waals surface area contributed by atoms with Gasteiger partial charge in [0.05, 0.1) is 5.69 Å². The number of nitrogens with two attached hydrogens (primary N) is 1. The van der Waals surface area contributed by atoms with E-state index in [2.05, 4.69) is 10.4 Å². The summed E-state index contributed by atoms with van der Waals surface area (Å²) in [5, 5.41) is 6.09. The first-order valence-electron chi connectivity index (χ1n) is 5.03. The van der Waals surface area contributed by atoms with Crippen LogP contribution in [0, 0.1) is 11.6 Å². The predicted octanol–water partition coefficient (Wildman–Crippen LogP) is 1.53. The number of aromatic nitrogens is 2. The highest BCUT2D eigenvalue weighted by Gasteiger charge is 2.15. The van der Waals surface area contributed by atoms with Gasteiger partial charge in [-0.2, -0.15) is 5.10 Å². The number of rotatable bonds is 2. The molecule has 7 heteroatoms. The fourth-order valence-corrected chi connectivity index (χ4v) is 1.50. The average molecular weight is 252 g/mol. The standard InChI is InChI=1S/C11H10F2N4O/c1-17-9(2-3-15-17)11(18)16-10-7(13)4-6(12)5-8(10)14/h2-5H,14H2,1H3,(H,16,18). The minimum Gasteiger partial charge on any atom is -0.397 e. The molecule has 0 unspecified atom stereocenters. The number of halogens is 2. The number of anilines is 2. The van der Waals surface area contributed by atoms with Gasteiger partial charge in [-0.25, -0.2) is 8.78 Å². The molecule has 0 saturated heterocycles. The summed E-state index contributed by atoms with van der Waals surface area (Å²) in [5.41, 5.74) is 5.25. The Morgan fingerprint density at radius 3 is 2.72 bits per heavy atom. The van der Waals surface area contributed by atoms with Crippen LogP contribution in [0.1, 0.15) is 10.5 Å². The van der Waals surface area contributed by atoms with Gasteiger partial charge in [-0.1, -0.05) is 0 Å². The molecule has 1 aromatic heterocycles. The van der Waals surface area contributed by atoms with Crippen LogP contribution in [0.3, 0.4) is 0 Å². The lowest BCUT2D eigenvalue weighted by molar-refractivity contribution is 0.101. The number of hydrogen-bond donors (Lipinski definition) is 2. The van der Waals surface area contributed by atoms with Crippen LogP contribution in [0.2, 0.25) is 0 Å². The lowest BCUT2D eigenvalue weighted by Gasteiger charge is -2.09. The van der Waals surface area contributed by atoms with Crippen molar-refractivity contribution in [1.29, 1.82) is 0 Å². The molecule has 0 radical (unpaired) electrons. The van der Waals surface area contributed by atoms with E-state index in [1.165, 1.54) is 16.9 Å². The first kappa shape index (κ1) is 12.0. The van der Waals surface area contributed by atoms with Crippen LogP contribution in [0.25, 0.3) is 0 Å². The van der Waals surface area contributed by atoms with Crippen molar-refractivity contribution in [1.82, 2.24) is 9.78 Å². The lowest BCUT2D eigenvalue weighted by Crippen LogP contribution is -2.18. The molecule has 3 N–H and O–H groups in total. The Labute approximate surface area is 101 Å². The highest BCUT2D eigenvalue weighted by Crippen LogP contribution is 2.24. The zero-order valence-electron chi connectivity index (χ0n) is 9.45. The van der Waals surface area contributed by atoms with E-state index in [1.54, 1.807) is 7.05 Å². The molecule has 0 saturated carbocycles. The molecule has 18 heavy (non-hydrogen) atoms. The fourth-order valence-electron chi connectivity index (χ4n) is 1.50. The number of hydrogen-bond acceptors (Lipinski definition) is 3. The SMILES string of the molecule is Cn1nccc1C(=O)Nc1c(N)cc(F)cc1F. The summed E-state index contributed by atoms with van der Waals surface area (Å²) in [7, 11) is 1.57. The van der Waals surface area contributed by atoms with Gasteiger partial charge in [0.15, 0.2) is 5.82 Å². The summed E-state index contributed by atoms with van der Waals surface area (Å²) >= 11 is 0. The Morgan fingerprint density at radius 1 is 1.44 bits per heavy atom. The van der Waals surface area contributed by atoms with E-state index in [0.29, 0.717) is 6.07 Å². The number of carbonyl (C=O) groups is 1. The largest absolute Gasteiger partial charge is 0.397 e. The predicted molar refractivity (Wildman–Crippen MR) is 61.9 cm³/mol. The number of benzene rings is 1. The third-order valence-electron chi connectivity index (χ3n) is 2.38. The molecule has 0 aliphatic heterocycles.